The van der Waals surface area contributed by atoms with E-state index in [1.54, 1.807) is 42.6 Å². The molecule has 2 aromatic carbocycles. The maximum absolute atomic E-state index is 15.0. The Hall–Kier alpha value is -4.51. The quantitative estimate of drug-likeness (QED) is 0.152. The first-order valence-corrected chi connectivity index (χ1v) is 14.8. The molecule has 0 unspecified atom stereocenters. The molecule has 10 heteroatoms. The Kier molecular flexibility index (Phi) is 10.2. The number of rotatable bonds is 14. The molecule has 0 aliphatic carbocycles. The van der Waals surface area contributed by atoms with Gasteiger partial charge in [0.05, 0.1) is 33.9 Å². The van der Waals surface area contributed by atoms with Gasteiger partial charge in [-0.1, -0.05) is 30.3 Å². The number of hydrogen-bond donors (Lipinski definition) is 2. The van der Waals surface area contributed by atoms with Crippen molar-refractivity contribution in [2.75, 3.05) is 26.3 Å². The Morgan fingerprint density at radius 3 is 2.56 bits per heavy atom. The van der Waals surface area contributed by atoms with Crippen LogP contribution in [0.25, 0.3) is 20.8 Å². The van der Waals surface area contributed by atoms with Crippen LogP contribution >= 0.6 is 11.3 Å². The molecule has 0 saturated carbocycles. The number of Topliss-reactive ketones (excluding diaryl/α,β-unsaturated/α-hetero) is 1. The molecule has 2 N–H and O–H groups in total. The summed E-state index contributed by atoms with van der Waals surface area (Å²) in [5.74, 6) is -0.650. The van der Waals surface area contributed by atoms with Crippen molar-refractivity contribution in [2.45, 2.75) is 19.9 Å². The summed E-state index contributed by atoms with van der Waals surface area (Å²) in [5, 5.41) is 5.93. The van der Waals surface area contributed by atoms with Crippen LogP contribution in [0, 0.1) is 5.82 Å². The molecule has 0 atom stereocenters. The highest BCUT2D eigenvalue weighted by Crippen LogP contribution is 2.39. The van der Waals surface area contributed by atoms with Crippen LogP contribution < -0.4 is 15.4 Å². The number of fused-ring (bicyclic) bond motifs is 1. The van der Waals surface area contributed by atoms with Crippen molar-refractivity contribution in [3.63, 3.8) is 0 Å². The molecule has 8 nitrogen and oxygen atoms in total. The zero-order valence-corrected chi connectivity index (χ0v) is 24.5. The lowest BCUT2D eigenvalue weighted by molar-refractivity contribution is -0.117. The van der Waals surface area contributed by atoms with Crippen molar-refractivity contribution < 1.29 is 23.5 Å². The van der Waals surface area contributed by atoms with Gasteiger partial charge in [0.15, 0.2) is 17.3 Å². The summed E-state index contributed by atoms with van der Waals surface area (Å²) in [6.07, 6.45) is 3.44. The molecule has 0 fully saturated rings. The largest absolute Gasteiger partial charge is 0.453 e. The molecular weight excluding hydrogens is 567 g/mol. The molecule has 3 heterocycles. The number of pyridine rings is 2. The number of carbonyl (C=O) groups is 2. The number of nitrogens with one attached hydrogen (secondary N) is 2. The number of carbonyl (C=O) groups excluding carboxylic acids is 2. The van der Waals surface area contributed by atoms with Crippen molar-refractivity contribution >= 4 is 33.2 Å². The van der Waals surface area contributed by atoms with Gasteiger partial charge in [-0.3, -0.25) is 19.6 Å². The average Bonchev–Trinajstić information content (AvgIpc) is 3.47. The lowest BCUT2D eigenvalue weighted by Gasteiger charge is -2.09. The Bertz CT molecular complexity index is 1690. The second-order valence-corrected chi connectivity index (χ2v) is 10.7. The van der Waals surface area contributed by atoms with E-state index in [2.05, 4.69) is 20.6 Å². The highest BCUT2D eigenvalue weighted by Gasteiger charge is 2.15. The third-order valence-corrected chi connectivity index (χ3v) is 7.67. The second-order valence-electron chi connectivity index (χ2n) is 9.69. The molecule has 220 valence electrons. The first-order chi connectivity index (χ1) is 21.0. The minimum atomic E-state index is -0.590. The van der Waals surface area contributed by atoms with Crippen molar-refractivity contribution in [2.24, 2.45) is 0 Å². The van der Waals surface area contributed by atoms with E-state index >= 15 is 4.39 Å². The van der Waals surface area contributed by atoms with E-state index in [9.17, 15) is 9.59 Å². The summed E-state index contributed by atoms with van der Waals surface area (Å²) >= 11 is 1.47. The number of nitrogens with zero attached hydrogens (tertiary/aromatic N) is 2. The zero-order valence-electron chi connectivity index (χ0n) is 23.6. The summed E-state index contributed by atoms with van der Waals surface area (Å²) in [7, 11) is 0. The molecule has 1 amide bonds. The zero-order chi connectivity index (χ0) is 30.0. The Morgan fingerprint density at radius 1 is 0.953 bits per heavy atom. The lowest BCUT2D eigenvalue weighted by Crippen LogP contribution is -2.30. The van der Waals surface area contributed by atoms with Gasteiger partial charge in [-0.25, -0.2) is 4.39 Å². The van der Waals surface area contributed by atoms with Gasteiger partial charge < -0.3 is 20.1 Å². The first-order valence-electron chi connectivity index (χ1n) is 13.9. The van der Waals surface area contributed by atoms with E-state index in [4.69, 9.17) is 9.47 Å². The summed E-state index contributed by atoms with van der Waals surface area (Å²) in [6, 6.07) is 20.7. The highest BCUT2D eigenvalue weighted by molar-refractivity contribution is 7.22. The topological polar surface area (TPSA) is 102 Å². The summed E-state index contributed by atoms with van der Waals surface area (Å²) in [5.41, 5.74) is 3.56. The number of amides is 1. The molecular formula is C33H31FN4O4S. The molecule has 0 aliphatic heterocycles. The number of ether oxygens (including phenoxy) is 2. The predicted molar refractivity (Wildman–Crippen MR) is 165 cm³/mol. The van der Waals surface area contributed by atoms with Gasteiger partial charge in [0.25, 0.3) is 5.91 Å². The van der Waals surface area contributed by atoms with E-state index in [1.807, 2.05) is 37.4 Å². The third kappa shape index (κ3) is 8.07. The number of benzene rings is 2. The molecule has 3 aromatic heterocycles. The number of ketones is 1. The van der Waals surface area contributed by atoms with Crippen molar-refractivity contribution in [3.8, 4) is 22.1 Å². The van der Waals surface area contributed by atoms with E-state index < -0.39 is 5.82 Å². The van der Waals surface area contributed by atoms with Gasteiger partial charge >= 0.3 is 0 Å². The average molecular weight is 599 g/mol. The van der Waals surface area contributed by atoms with Crippen LogP contribution in [-0.2, 0) is 22.5 Å². The third-order valence-electron chi connectivity index (χ3n) is 6.51. The molecule has 0 saturated heterocycles. The number of hydrogen-bond acceptors (Lipinski definition) is 8. The van der Waals surface area contributed by atoms with Crippen LogP contribution in [-0.4, -0.2) is 48.0 Å². The molecule has 0 bridgehead atoms. The van der Waals surface area contributed by atoms with Gasteiger partial charge in [-0.15, -0.1) is 11.3 Å². The summed E-state index contributed by atoms with van der Waals surface area (Å²) in [4.78, 5) is 34.6. The fourth-order valence-corrected chi connectivity index (χ4v) is 5.38. The lowest BCUT2D eigenvalue weighted by atomic mass is 10.1. The normalized spacial score (nSPS) is 11.0. The second kappa shape index (κ2) is 14.6. The van der Waals surface area contributed by atoms with Gasteiger partial charge in [0.1, 0.15) is 5.75 Å². The van der Waals surface area contributed by atoms with E-state index in [1.165, 1.54) is 23.5 Å². The van der Waals surface area contributed by atoms with Crippen molar-refractivity contribution in [1.82, 2.24) is 20.6 Å². The minimum Gasteiger partial charge on any atom is -0.453 e. The van der Waals surface area contributed by atoms with Crippen molar-refractivity contribution in [1.29, 1.82) is 0 Å². The Morgan fingerprint density at radius 2 is 1.79 bits per heavy atom. The first kappa shape index (κ1) is 30.0. The van der Waals surface area contributed by atoms with Crippen LogP contribution in [0.2, 0.25) is 0 Å². The van der Waals surface area contributed by atoms with Crippen molar-refractivity contribution in [3.05, 3.63) is 108 Å². The predicted octanol–water partition coefficient (Wildman–Crippen LogP) is 5.96. The molecule has 0 radical (unpaired) electrons. The van der Waals surface area contributed by atoms with Gasteiger partial charge in [-0.2, -0.15) is 0 Å². The van der Waals surface area contributed by atoms with Crippen LogP contribution in [0.5, 0.6) is 11.5 Å². The van der Waals surface area contributed by atoms with Crippen LogP contribution in [0.4, 0.5) is 4.39 Å². The monoisotopic (exact) mass is 598 g/mol. The summed E-state index contributed by atoms with van der Waals surface area (Å²) in [6.45, 7) is 4.68. The molecule has 5 rings (SSSR count). The summed E-state index contributed by atoms with van der Waals surface area (Å²) < 4.78 is 27.1. The molecule has 43 heavy (non-hydrogen) atoms. The minimum absolute atomic E-state index is 0.0187. The standard InChI is InChI=1S/C33H31FN4O4S/c1-2-41-15-14-35-19-23-8-10-27(37-20-23)31-18-28-32(43-31)30(12-13-36-28)42-29-11-9-22(17-26(29)34)16-25(39)21-38-33(40)24-6-4-3-5-7-24/h3-13,17-18,20,35H,2,14-16,19,21H2,1H3,(H,38,40). The molecule has 0 aliphatic rings. The van der Waals surface area contributed by atoms with E-state index in [0.29, 0.717) is 36.6 Å². The smallest absolute Gasteiger partial charge is 0.251 e. The number of aromatic nitrogens is 2. The highest BCUT2D eigenvalue weighted by atomic mass is 32.1. The molecule has 5 aromatic rings. The maximum atomic E-state index is 15.0. The van der Waals surface area contributed by atoms with Crippen LogP contribution in [0.1, 0.15) is 28.4 Å². The van der Waals surface area contributed by atoms with E-state index in [-0.39, 0.29) is 30.4 Å². The van der Waals surface area contributed by atoms with Crippen LogP contribution in [0.3, 0.4) is 0 Å². The Balaban J connectivity index is 1.20. The Labute approximate surface area is 252 Å². The number of halogens is 1. The van der Waals surface area contributed by atoms with E-state index in [0.717, 1.165) is 32.9 Å². The fraction of sp³-hybridized carbons (Fsp3) is 0.212. The van der Waals surface area contributed by atoms with Gasteiger partial charge in [0, 0.05) is 50.1 Å². The number of thiophene rings is 1. The SMILES string of the molecule is CCOCCNCc1ccc(-c2cc3nccc(Oc4ccc(CC(=O)CNC(=O)c5ccccc5)cc4F)c3s2)nc1. The van der Waals surface area contributed by atoms with Gasteiger partial charge in [0.2, 0.25) is 0 Å². The maximum Gasteiger partial charge on any atom is 0.251 e. The van der Waals surface area contributed by atoms with Crippen LogP contribution in [0.15, 0.2) is 85.2 Å². The molecule has 0 spiro atoms. The fourth-order valence-electron chi connectivity index (χ4n) is 4.33. The van der Waals surface area contributed by atoms with Gasteiger partial charge in [-0.05, 0) is 54.4 Å².